The van der Waals surface area contributed by atoms with Gasteiger partial charge >= 0.3 is 0 Å². The van der Waals surface area contributed by atoms with Gasteiger partial charge in [0.05, 0.1) is 19.9 Å². The molecule has 0 aliphatic carbocycles. The van der Waals surface area contributed by atoms with E-state index in [-0.39, 0.29) is 5.91 Å². The number of aromatic amines is 1. The molecule has 3 aromatic rings. The Labute approximate surface area is 188 Å². The molecule has 1 aliphatic heterocycles. The van der Waals surface area contributed by atoms with Gasteiger partial charge in [-0.3, -0.25) is 9.89 Å². The van der Waals surface area contributed by atoms with Gasteiger partial charge in [0.15, 0.2) is 5.82 Å². The average molecular weight is 435 g/mol. The summed E-state index contributed by atoms with van der Waals surface area (Å²) in [5.41, 5.74) is 3.19. The molecule has 7 nitrogen and oxygen atoms in total. The lowest BCUT2D eigenvalue weighted by Gasteiger charge is -2.22. The van der Waals surface area contributed by atoms with Gasteiger partial charge in [0.2, 0.25) is 5.91 Å². The molecule has 1 saturated heterocycles. The van der Waals surface area contributed by atoms with Gasteiger partial charge in [-0.2, -0.15) is 5.10 Å². The molecule has 1 N–H and O–H groups in total. The summed E-state index contributed by atoms with van der Waals surface area (Å²) < 4.78 is 10.4. The molecule has 2 aromatic carbocycles. The third-order valence-electron chi connectivity index (χ3n) is 5.92. The molecule has 0 saturated carbocycles. The molecule has 0 atom stereocenters. The second-order valence-electron chi connectivity index (χ2n) is 7.94. The number of hydrogen-bond acceptors (Lipinski definition) is 5. The van der Waals surface area contributed by atoms with E-state index >= 15 is 0 Å². The monoisotopic (exact) mass is 434 g/mol. The minimum atomic E-state index is 0.212. The minimum Gasteiger partial charge on any atom is -0.497 e. The molecular weight excluding hydrogens is 404 g/mol. The SMILES string of the molecule is COc1ccc(CCC(=O)N2CCCN(c3cc(-c4ccc(OC)cc4)[nH]n3)CC2)cc1. The Morgan fingerprint density at radius 3 is 2.31 bits per heavy atom. The Morgan fingerprint density at radius 1 is 0.938 bits per heavy atom. The molecule has 0 radical (unpaired) electrons. The highest BCUT2D eigenvalue weighted by atomic mass is 16.5. The lowest BCUT2D eigenvalue weighted by Crippen LogP contribution is -2.35. The standard InChI is InChI=1S/C25H30N4O3/c1-31-21-9-4-19(5-10-21)6-13-25(30)29-15-3-14-28(16-17-29)24-18-23(26-27-24)20-7-11-22(32-2)12-8-20/h4-5,7-12,18H,3,6,13-17H2,1-2H3,(H,26,27). The van der Waals surface area contributed by atoms with Crippen molar-refractivity contribution in [2.24, 2.45) is 0 Å². The van der Waals surface area contributed by atoms with Crippen LogP contribution in [0.1, 0.15) is 18.4 Å². The summed E-state index contributed by atoms with van der Waals surface area (Å²) in [4.78, 5) is 17.0. The molecule has 1 aromatic heterocycles. The zero-order chi connectivity index (χ0) is 22.3. The summed E-state index contributed by atoms with van der Waals surface area (Å²) in [6, 6.07) is 17.9. The van der Waals surface area contributed by atoms with Gasteiger partial charge in [-0.05, 0) is 60.4 Å². The molecule has 0 unspecified atom stereocenters. The number of nitrogens with zero attached hydrogens (tertiary/aromatic N) is 3. The van der Waals surface area contributed by atoms with Crippen LogP contribution in [-0.4, -0.2) is 61.4 Å². The fourth-order valence-electron chi connectivity index (χ4n) is 3.99. The maximum Gasteiger partial charge on any atom is 0.222 e. The number of ether oxygens (including phenoxy) is 2. The highest BCUT2D eigenvalue weighted by molar-refractivity contribution is 5.76. The van der Waals surface area contributed by atoms with Crippen LogP contribution in [-0.2, 0) is 11.2 Å². The first-order valence-corrected chi connectivity index (χ1v) is 11.0. The van der Waals surface area contributed by atoms with Crippen molar-refractivity contribution in [3.8, 4) is 22.8 Å². The number of nitrogens with one attached hydrogen (secondary N) is 1. The van der Waals surface area contributed by atoms with Crippen molar-refractivity contribution in [1.29, 1.82) is 0 Å². The number of amides is 1. The van der Waals surface area contributed by atoms with E-state index in [2.05, 4.69) is 21.2 Å². The maximum absolute atomic E-state index is 12.8. The van der Waals surface area contributed by atoms with Crippen molar-refractivity contribution >= 4 is 11.7 Å². The zero-order valence-electron chi connectivity index (χ0n) is 18.7. The van der Waals surface area contributed by atoms with Gasteiger partial charge in [0.25, 0.3) is 0 Å². The minimum absolute atomic E-state index is 0.212. The summed E-state index contributed by atoms with van der Waals surface area (Å²) in [6.45, 7) is 3.16. The molecule has 168 valence electrons. The third kappa shape index (κ3) is 5.22. The van der Waals surface area contributed by atoms with E-state index in [9.17, 15) is 4.79 Å². The normalized spacial score (nSPS) is 14.2. The van der Waals surface area contributed by atoms with Gasteiger partial charge in [-0.1, -0.05) is 12.1 Å². The lowest BCUT2D eigenvalue weighted by molar-refractivity contribution is -0.130. The van der Waals surface area contributed by atoms with Crippen molar-refractivity contribution in [2.75, 3.05) is 45.3 Å². The predicted octanol–water partition coefficient (Wildman–Crippen LogP) is 3.77. The largest absolute Gasteiger partial charge is 0.497 e. The number of anilines is 1. The number of methoxy groups -OCH3 is 2. The highest BCUT2D eigenvalue weighted by Gasteiger charge is 2.20. The van der Waals surface area contributed by atoms with E-state index in [0.29, 0.717) is 13.0 Å². The summed E-state index contributed by atoms with van der Waals surface area (Å²) in [5.74, 6) is 2.80. The lowest BCUT2D eigenvalue weighted by atomic mass is 10.1. The van der Waals surface area contributed by atoms with Crippen molar-refractivity contribution in [1.82, 2.24) is 15.1 Å². The molecule has 7 heteroatoms. The first-order valence-electron chi connectivity index (χ1n) is 11.0. The number of rotatable bonds is 7. The van der Waals surface area contributed by atoms with Gasteiger partial charge in [0.1, 0.15) is 11.5 Å². The predicted molar refractivity (Wildman–Crippen MR) is 125 cm³/mol. The fourth-order valence-corrected chi connectivity index (χ4v) is 3.99. The van der Waals surface area contributed by atoms with Crippen molar-refractivity contribution in [3.05, 3.63) is 60.2 Å². The maximum atomic E-state index is 12.8. The van der Waals surface area contributed by atoms with E-state index in [0.717, 1.165) is 66.6 Å². The Hall–Kier alpha value is -3.48. The molecule has 1 aliphatic rings. The molecule has 0 bridgehead atoms. The molecular formula is C25H30N4O3. The van der Waals surface area contributed by atoms with E-state index < -0.39 is 0 Å². The van der Waals surface area contributed by atoms with Crippen molar-refractivity contribution in [2.45, 2.75) is 19.3 Å². The van der Waals surface area contributed by atoms with Crippen LogP contribution >= 0.6 is 0 Å². The van der Waals surface area contributed by atoms with Crippen LogP contribution < -0.4 is 14.4 Å². The zero-order valence-corrected chi connectivity index (χ0v) is 18.7. The highest BCUT2D eigenvalue weighted by Crippen LogP contribution is 2.25. The molecule has 1 fully saturated rings. The van der Waals surface area contributed by atoms with Crippen LogP contribution in [0.15, 0.2) is 54.6 Å². The van der Waals surface area contributed by atoms with E-state index in [1.807, 2.05) is 53.4 Å². The number of aromatic nitrogens is 2. The fraction of sp³-hybridized carbons (Fsp3) is 0.360. The van der Waals surface area contributed by atoms with E-state index in [4.69, 9.17) is 9.47 Å². The second kappa shape index (κ2) is 10.2. The summed E-state index contributed by atoms with van der Waals surface area (Å²) in [6.07, 6.45) is 2.20. The van der Waals surface area contributed by atoms with Gasteiger partial charge in [-0.25, -0.2) is 0 Å². The Kier molecular flexibility index (Phi) is 6.94. The Bertz CT molecular complexity index is 1010. The second-order valence-corrected chi connectivity index (χ2v) is 7.94. The Morgan fingerprint density at radius 2 is 1.62 bits per heavy atom. The number of carbonyl (C=O) groups is 1. The molecule has 0 spiro atoms. The van der Waals surface area contributed by atoms with Gasteiger partial charge in [-0.15, -0.1) is 0 Å². The summed E-state index contributed by atoms with van der Waals surface area (Å²) in [7, 11) is 3.32. The Balaban J connectivity index is 1.31. The molecule has 2 heterocycles. The number of hydrogen-bond donors (Lipinski definition) is 1. The number of aryl methyl sites for hydroxylation is 1. The molecule has 32 heavy (non-hydrogen) atoms. The average Bonchev–Trinajstić information content (AvgIpc) is 3.20. The summed E-state index contributed by atoms with van der Waals surface area (Å²) >= 11 is 0. The molecule has 4 rings (SSSR count). The molecule has 1 amide bonds. The van der Waals surface area contributed by atoms with Crippen molar-refractivity contribution < 1.29 is 14.3 Å². The van der Waals surface area contributed by atoms with Gasteiger partial charge < -0.3 is 19.3 Å². The number of carbonyl (C=O) groups excluding carboxylic acids is 1. The van der Waals surface area contributed by atoms with Crippen LogP contribution in [0.25, 0.3) is 11.3 Å². The van der Waals surface area contributed by atoms with Gasteiger partial charge in [0, 0.05) is 38.7 Å². The first-order chi connectivity index (χ1) is 15.7. The first kappa shape index (κ1) is 21.7. The van der Waals surface area contributed by atoms with Crippen LogP contribution in [0.4, 0.5) is 5.82 Å². The van der Waals surface area contributed by atoms with Crippen LogP contribution in [0.3, 0.4) is 0 Å². The summed E-state index contributed by atoms with van der Waals surface area (Å²) in [5, 5.41) is 7.65. The third-order valence-corrected chi connectivity index (χ3v) is 5.92. The van der Waals surface area contributed by atoms with Crippen LogP contribution in [0.2, 0.25) is 0 Å². The van der Waals surface area contributed by atoms with E-state index in [1.165, 1.54) is 0 Å². The van der Waals surface area contributed by atoms with Crippen LogP contribution in [0.5, 0.6) is 11.5 Å². The topological polar surface area (TPSA) is 70.7 Å². The van der Waals surface area contributed by atoms with E-state index in [1.54, 1.807) is 14.2 Å². The number of H-pyrrole nitrogens is 1. The van der Waals surface area contributed by atoms with Crippen LogP contribution in [0, 0.1) is 0 Å². The quantitative estimate of drug-likeness (QED) is 0.613. The smallest absolute Gasteiger partial charge is 0.222 e. The number of benzene rings is 2. The van der Waals surface area contributed by atoms with Crippen molar-refractivity contribution in [3.63, 3.8) is 0 Å².